The summed E-state index contributed by atoms with van der Waals surface area (Å²) in [6.45, 7) is 4.37. The molecule has 0 heterocycles. The molecule has 0 saturated carbocycles. The molecule has 0 aliphatic carbocycles. The number of rotatable bonds is 8. The lowest BCUT2D eigenvalue weighted by Crippen LogP contribution is -2.14. The molecule has 26 heavy (non-hydrogen) atoms. The smallest absolute Gasteiger partial charge is 0.296 e. The van der Waals surface area contributed by atoms with Crippen molar-refractivity contribution in [2.45, 2.75) is 26.7 Å². The Hall–Kier alpha value is -3.09. The first-order valence-electron chi connectivity index (χ1n) is 8.23. The third kappa shape index (κ3) is 5.20. The highest BCUT2D eigenvalue weighted by atomic mass is 16.6. The summed E-state index contributed by atoms with van der Waals surface area (Å²) in [6, 6.07) is 10.2. The van der Waals surface area contributed by atoms with Crippen molar-refractivity contribution in [3.8, 4) is 11.5 Å². The summed E-state index contributed by atoms with van der Waals surface area (Å²) in [6.07, 6.45) is 0.706. The first kappa shape index (κ1) is 19.2. The van der Waals surface area contributed by atoms with Gasteiger partial charge in [-0.2, -0.15) is 0 Å². The molecule has 2 aromatic carbocycles. The summed E-state index contributed by atoms with van der Waals surface area (Å²) in [4.78, 5) is 22.6. The molecule has 1 N–H and O–H groups in total. The first-order valence-corrected chi connectivity index (χ1v) is 8.23. The average molecular weight is 358 g/mol. The van der Waals surface area contributed by atoms with E-state index in [1.54, 1.807) is 6.07 Å². The van der Waals surface area contributed by atoms with Crippen LogP contribution in [-0.2, 0) is 4.79 Å². The zero-order valence-corrected chi connectivity index (χ0v) is 15.1. The number of carbonyl (C=O) groups excluding carboxylic acids is 1. The van der Waals surface area contributed by atoms with Crippen LogP contribution in [0.2, 0.25) is 0 Å². The minimum atomic E-state index is -0.554. The highest BCUT2D eigenvalue weighted by Gasteiger charge is 2.17. The molecule has 0 atom stereocenters. The van der Waals surface area contributed by atoms with E-state index in [0.29, 0.717) is 18.8 Å². The van der Waals surface area contributed by atoms with Crippen LogP contribution < -0.4 is 14.8 Å². The highest BCUT2D eigenvalue weighted by Crippen LogP contribution is 2.29. The summed E-state index contributed by atoms with van der Waals surface area (Å²) in [5, 5.41) is 13.7. The van der Waals surface area contributed by atoms with Crippen molar-refractivity contribution >= 4 is 17.3 Å². The van der Waals surface area contributed by atoms with E-state index in [0.717, 1.165) is 16.9 Å². The molecular weight excluding hydrogens is 336 g/mol. The van der Waals surface area contributed by atoms with Gasteiger partial charge < -0.3 is 14.8 Å². The summed E-state index contributed by atoms with van der Waals surface area (Å²) in [7, 11) is 1.42. The molecule has 138 valence electrons. The quantitative estimate of drug-likeness (QED) is 0.437. The monoisotopic (exact) mass is 358 g/mol. The van der Waals surface area contributed by atoms with Gasteiger partial charge in [0.1, 0.15) is 17.2 Å². The van der Waals surface area contributed by atoms with E-state index >= 15 is 0 Å². The molecule has 0 radical (unpaired) electrons. The van der Waals surface area contributed by atoms with Crippen LogP contribution in [0, 0.1) is 24.0 Å². The van der Waals surface area contributed by atoms with Gasteiger partial charge in [0, 0.05) is 6.42 Å². The third-order valence-corrected chi connectivity index (χ3v) is 3.81. The summed E-state index contributed by atoms with van der Waals surface area (Å²) in [5.74, 6) is 0.848. The molecule has 0 bridgehead atoms. The molecular formula is C19H22N2O5. The van der Waals surface area contributed by atoms with Crippen molar-refractivity contribution in [1.82, 2.24) is 0 Å². The SMILES string of the molecule is COc1ccc(NC(=O)CCCOc2ccc(C)cc2C)c([N+](=O)[O-])c1. The Kier molecular flexibility index (Phi) is 6.54. The van der Waals surface area contributed by atoms with Crippen LogP contribution in [0.15, 0.2) is 36.4 Å². The van der Waals surface area contributed by atoms with Gasteiger partial charge in [0.2, 0.25) is 5.91 Å². The van der Waals surface area contributed by atoms with Crippen LogP contribution in [0.4, 0.5) is 11.4 Å². The number of nitrogens with one attached hydrogen (secondary N) is 1. The lowest BCUT2D eigenvalue weighted by atomic mass is 10.1. The number of anilines is 1. The maximum absolute atomic E-state index is 12.0. The zero-order valence-electron chi connectivity index (χ0n) is 15.1. The van der Waals surface area contributed by atoms with Crippen molar-refractivity contribution in [2.75, 3.05) is 19.0 Å². The van der Waals surface area contributed by atoms with E-state index in [1.165, 1.54) is 19.2 Å². The van der Waals surface area contributed by atoms with Crippen LogP contribution in [-0.4, -0.2) is 24.5 Å². The third-order valence-electron chi connectivity index (χ3n) is 3.81. The Morgan fingerprint density at radius 1 is 1.19 bits per heavy atom. The van der Waals surface area contributed by atoms with Crippen molar-refractivity contribution in [1.29, 1.82) is 0 Å². The van der Waals surface area contributed by atoms with Crippen molar-refractivity contribution < 1.29 is 19.2 Å². The lowest BCUT2D eigenvalue weighted by molar-refractivity contribution is -0.384. The number of hydrogen-bond acceptors (Lipinski definition) is 5. The largest absolute Gasteiger partial charge is 0.496 e. The number of methoxy groups -OCH3 is 1. The van der Waals surface area contributed by atoms with E-state index in [1.807, 2.05) is 32.0 Å². The van der Waals surface area contributed by atoms with E-state index in [9.17, 15) is 14.9 Å². The van der Waals surface area contributed by atoms with E-state index in [2.05, 4.69) is 5.32 Å². The number of nitrogens with zero attached hydrogens (tertiary/aromatic N) is 1. The van der Waals surface area contributed by atoms with Crippen LogP contribution >= 0.6 is 0 Å². The van der Waals surface area contributed by atoms with Crippen molar-refractivity contribution in [3.05, 3.63) is 57.6 Å². The number of nitro benzene ring substituents is 1. The molecule has 0 saturated heterocycles. The molecule has 0 fully saturated rings. The zero-order chi connectivity index (χ0) is 19.1. The van der Waals surface area contributed by atoms with Crippen molar-refractivity contribution in [3.63, 3.8) is 0 Å². The molecule has 0 spiro atoms. The molecule has 2 aromatic rings. The number of hydrogen-bond donors (Lipinski definition) is 1. The predicted molar refractivity (Wildman–Crippen MR) is 98.9 cm³/mol. The summed E-state index contributed by atoms with van der Waals surface area (Å²) >= 11 is 0. The van der Waals surface area contributed by atoms with Crippen LogP contribution in [0.1, 0.15) is 24.0 Å². The molecule has 7 heteroatoms. The highest BCUT2D eigenvalue weighted by molar-refractivity contribution is 5.93. The van der Waals surface area contributed by atoms with Crippen LogP contribution in [0.3, 0.4) is 0 Å². The first-order chi connectivity index (χ1) is 12.4. The van der Waals surface area contributed by atoms with Gasteiger partial charge in [0.25, 0.3) is 5.69 Å². The van der Waals surface area contributed by atoms with E-state index < -0.39 is 4.92 Å². The Balaban J connectivity index is 1.86. The number of aryl methyl sites for hydroxylation is 2. The van der Waals surface area contributed by atoms with Gasteiger partial charge in [-0.1, -0.05) is 17.7 Å². The second-order valence-corrected chi connectivity index (χ2v) is 5.91. The molecule has 7 nitrogen and oxygen atoms in total. The predicted octanol–water partition coefficient (Wildman–Crippen LogP) is 4.02. The molecule has 0 aliphatic rings. The van der Waals surface area contributed by atoms with Crippen molar-refractivity contribution in [2.24, 2.45) is 0 Å². The molecule has 0 aromatic heterocycles. The number of ether oxygens (including phenoxy) is 2. The Morgan fingerprint density at radius 2 is 1.96 bits per heavy atom. The standard InChI is InChI=1S/C19H22N2O5/c1-13-6-9-18(14(2)11-13)26-10-4-5-19(22)20-16-8-7-15(25-3)12-17(16)21(23)24/h6-9,11-12H,4-5,10H2,1-3H3,(H,20,22). The van der Waals surface area contributed by atoms with E-state index in [4.69, 9.17) is 9.47 Å². The minimum absolute atomic E-state index is 0.149. The Labute approximate surface area is 152 Å². The molecule has 1 amide bonds. The van der Waals surface area contributed by atoms with Crippen LogP contribution in [0.25, 0.3) is 0 Å². The second kappa shape index (κ2) is 8.84. The average Bonchev–Trinajstić information content (AvgIpc) is 2.60. The van der Waals surface area contributed by atoms with Gasteiger partial charge in [-0.15, -0.1) is 0 Å². The number of carbonyl (C=O) groups is 1. The minimum Gasteiger partial charge on any atom is -0.496 e. The van der Waals surface area contributed by atoms with Gasteiger partial charge in [-0.05, 0) is 44.0 Å². The fraction of sp³-hybridized carbons (Fsp3) is 0.316. The molecule has 2 rings (SSSR count). The maximum Gasteiger partial charge on any atom is 0.296 e. The van der Waals surface area contributed by atoms with Gasteiger partial charge in [0.15, 0.2) is 0 Å². The molecule has 0 unspecified atom stereocenters. The number of amides is 1. The Morgan fingerprint density at radius 3 is 2.62 bits per heavy atom. The topological polar surface area (TPSA) is 90.7 Å². The fourth-order valence-corrected chi connectivity index (χ4v) is 2.48. The van der Waals surface area contributed by atoms with Crippen LogP contribution in [0.5, 0.6) is 11.5 Å². The molecule has 0 aliphatic heterocycles. The van der Waals surface area contributed by atoms with Gasteiger partial charge >= 0.3 is 0 Å². The fourth-order valence-electron chi connectivity index (χ4n) is 2.48. The normalized spacial score (nSPS) is 10.3. The Bertz CT molecular complexity index is 805. The number of benzene rings is 2. The maximum atomic E-state index is 12.0. The van der Waals surface area contributed by atoms with Gasteiger partial charge in [0.05, 0.1) is 24.7 Å². The van der Waals surface area contributed by atoms with E-state index in [-0.39, 0.29) is 23.7 Å². The van der Waals surface area contributed by atoms with Gasteiger partial charge in [-0.25, -0.2) is 0 Å². The number of nitro groups is 1. The van der Waals surface area contributed by atoms with Gasteiger partial charge in [-0.3, -0.25) is 14.9 Å². The summed E-state index contributed by atoms with van der Waals surface area (Å²) in [5.41, 5.74) is 2.15. The second-order valence-electron chi connectivity index (χ2n) is 5.91. The summed E-state index contributed by atoms with van der Waals surface area (Å²) < 4.78 is 10.6. The lowest BCUT2D eigenvalue weighted by Gasteiger charge is -2.10.